The Labute approximate surface area is 182 Å². The van der Waals surface area contributed by atoms with Gasteiger partial charge in [-0.3, -0.25) is 24.5 Å². The summed E-state index contributed by atoms with van der Waals surface area (Å²) in [5.74, 6) is -3.47. The molecule has 2 N–H and O–H groups in total. The normalized spacial score (nSPS) is 18.4. The second-order valence-corrected chi connectivity index (χ2v) is 8.48. The maximum atomic E-state index is 14.8. The highest BCUT2D eigenvalue weighted by atomic mass is 19.1. The monoisotopic (exact) mass is 441 g/mol. The molecule has 0 bridgehead atoms. The zero-order chi connectivity index (χ0) is 23.2. The van der Waals surface area contributed by atoms with Crippen molar-refractivity contribution in [2.75, 3.05) is 0 Å². The number of carbonyl (C=O) groups is 4. The van der Waals surface area contributed by atoms with Gasteiger partial charge < -0.3 is 10.2 Å². The number of fused-ring (bicyclic) bond motifs is 1. The molecule has 1 fully saturated rings. The molecule has 1 saturated heterocycles. The Balaban J connectivity index is 1.56. The van der Waals surface area contributed by atoms with Gasteiger partial charge in [-0.25, -0.2) is 8.78 Å². The van der Waals surface area contributed by atoms with E-state index in [0.29, 0.717) is 11.1 Å². The van der Waals surface area contributed by atoms with Crippen LogP contribution in [0.2, 0.25) is 0 Å². The minimum atomic E-state index is -0.873. The van der Waals surface area contributed by atoms with E-state index in [4.69, 9.17) is 0 Å². The lowest BCUT2D eigenvalue weighted by Crippen LogP contribution is -2.52. The van der Waals surface area contributed by atoms with E-state index in [9.17, 15) is 28.0 Å². The van der Waals surface area contributed by atoms with Crippen molar-refractivity contribution in [3.05, 3.63) is 70.3 Å². The van der Waals surface area contributed by atoms with Gasteiger partial charge in [0.1, 0.15) is 17.7 Å². The maximum absolute atomic E-state index is 14.8. The fourth-order valence-electron chi connectivity index (χ4n) is 4.08. The zero-order valence-corrected chi connectivity index (χ0v) is 17.5. The third-order valence-electron chi connectivity index (χ3n) is 5.83. The van der Waals surface area contributed by atoms with Gasteiger partial charge in [-0.15, -0.1) is 0 Å². The van der Waals surface area contributed by atoms with E-state index >= 15 is 0 Å². The van der Waals surface area contributed by atoms with Gasteiger partial charge in [-0.1, -0.05) is 12.1 Å². The second-order valence-electron chi connectivity index (χ2n) is 8.48. The Morgan fingerprint density at radius 1 is 1.12 bits per heavy atom. The van der Waals surface area contributed by atoms with Crippen molar-refractivity contribution in [1.29, 1.82) is 0 Å². The minimum Gasteiger partial charge on any atom is -0.343 e. The number of nitrogens with one attached hydrogen (secondary N) is 2. The quantitative estimate of drug-likeness (QED) is 0.713. The van der Waals surface area contributed by atoms with E-state index in [2.05, 4.69) is 10.6 Å². The Hall–Kier alpha value is -3.62. The van der Waals surface area contributed by atoms with Crippen molar-refractivity contribution < 1.29 is 28.0 Å². The summed E-state index contributed by atoms with van der Waals surface area (Å²) in [6.45, 7) is 3.42. The molecule has 1 atom stereocenters. The van der Waals surface area contributed by atoms with Gasteiger partial charge in [0, 0.05) is 18.5 Å². The molecule has 0 aliphatic carbocycles. The molecule has 7 nitrogen and oxygen atoms in total. The fraction of sp³-hybridized carbons (Fsp3) is 0.304. The molecule has 2 heterocycles. The summed E-state index contributed by atoms with van der Waals surface area (Å²) in [4.78, 5) is 50.4. The van der Waals surface area contributed by atoms with Gasteiger partial charge in [-0.2, -0.15) is 0 Å². The van der Waals surface area contributed by atoms with Crippen LogP contribution >= 0.6 is 0 Å². The lowest BCUT2D eigenvalue weighted by atomic mass is 9.93. The van der Waals surface area contributed by atoms with Crippen molar-refractivity contribution in [3.63, 3.8) is 0 Å². The van der Waals surface area contributed by atoms with Gasteiger partial charge in [0.2, 0.25) is 11.8 Å². The first-order valence-electron chi connectivity index (χ1n) is 10.1. The van der Waals surface area contributed by atoms with Crippen LogP contribution < -0.4 is 10.6 Å². The van der Waals surface area contributed by atoms with Crippen LogP contribution in [0, 0.1) is 11.6 Å². The zero-order valence-electron chi connectivity index (χ0n) is 17.5. The molecule has 0 aromatic heterocycles. The van der Waals surface area contributed by atoms with Gasteiger partial charge in [-0.05, 0) is 55.7 Å². The van der Waals surface area contributed by atoms with Gasteiger partial charge >= 0.3 is 0 Å². The molecule has 2 aliphatic heterocycles. The molecular weight excluding hydrogens is 420 g/mol. The Morgan fingerprint density at radius 3 is 2.47 bits per heavy atom. The number of imide groups is 1. The first-order valence-corrected chi connectivity index (χ1v) is 10.1. The number of halogens is 2. The van der Waals surface area contributed by atoms with Gasteiger partial charge in [0.15, 0.2) is 0 Å². The van der Waals surface area contributed by atoms with Crippen LogP contribution in [0.5, 0.6) is 0 Å². The molecule has 0 saturated carbocycles. The number of carbonyl (C=O) groups excluding carboxylic acids is 4. The molecule has 4 rings (SSSR count). The van der Waals surface area contributed by atoms with Crippen LogP contribution in [0.25, 0.3) is 0 Å². The van der Waals surface area contributed by atoms with E-state index in [0.717, 1.165) is 6.07 Å². The van der Waals surface area contributed by atoms with E-state index in [-0.39, 0.29) is 30.5 Å². The third kappa shape index (κ3) is 3.86. The van der Waals surface area contributed by atoms with E-state index in [1.54, 1.807) is 26.0 Å². The fourth-order valence-corrected chi connectivity index (χ4v) is 4.08. The highest BCUT2D eigenvalue weighted by Crippen LogP contribution is 2.31. The number of piperidine rings is 1. The molecule has 0 spiro atoms. The van der Waals surface area contributed by atoms with Crippen LogP contribution in [0.3, 0.4) is 0 Å². The number of hydrogen-bond donors (Lipinski definition) is 2. The van der Waals surface area contributed by atoms with Crippen LogP contribution in [0.15, 0.2) is 36.4 Å². The largest absolute Gasteiger partial charge is 0.343 e. The number of rotatable bonds is 4. The van der Waals surface area contributed by atoms with Crippen molar-refractivity contribution in [2.45, 2.75) is 44.8 Å². The van der Waals surface area contributed by atoms with Crippen LogP contribution in [0.4, 0.5) is 8.78 Å². The summed E-state index contributed by atoms with van der Waals surface area (Å²) in [5.41, 5.74) is -0.0644. The van der Waals surface area contributed by atoms with Crippen molar-refractivity contribution >= 4 is 23.6 Å². The van der Waals surface area contributed by atoms with Crippen molar-refractivity contribution in [2.24, 2.45) is 0 Å². The molecular formula is C23H21F2N3O4. The topological polar surface area (TPSA) is 95.6 Å². The molecule has 9 heteroatoms. The summed E-state index contributed by atoms with van der Waals surface area (Å²) >= 11 is 0. The standard InChI is InChI=1S/C23H21F2N3O4/c1-23(2,14-3-5-15(24)6-4-14)27-20(30)12-9-13-11-28(22(32)19(13)16(25)10-12)17-7-8-18(29)26-21(17)31/h3-6,9-10,17H,7-8,11H2,1-2H3,(H,27,30)(H,26,29,31). The Kier molecular flexibility index (Phi) is 5.28. The predicted molar refractivity (Wildman–Crippen MR) is 109 cm³/mol. The van der Waals surface area contributed by atoms with Gasteiger partial charge in [0.25, 0.3) is 11.8 Å². The van der Waals surface area contributed by atoms with E-state index in [1.807, 2.05) is 0 Å². The summed E-state index contributed by atoms with van der Waals surface area (Å²) in [5, 5.41) is 4.99. The number of amides is 4. The molecule has 166 valence electrons. The van der Waals surface area contributed by atoms with Crippen molar-refractivity contribution in [3.8, 4) is 0 Å². The molecule has 1 unspecified atom stereocenters. The smallest absolute Gasteiger partial charge is 0.258 e. The minimum absolute atomic E-state index is 0.0226. The molecule has 4 amide bonds. The van der Waals surface area contributed by atoms with E-state index < -0.39 is 46.8 Å². The lowest BCUT2D eigenvalue weighted by molar-refractivity contribution is -0.136. The number of nitrogens with zero attached hydrogens (tertiary/aromatic N) is 1. The third-order valence-corrected chi connectivity index (χ3v) is 5.83. The lowest BCUT2D eigenvalue weighted by Gasteiger charge is -2.29. The van der Waals surface area contributed by atoms with Crippen LogP contribution in [-0.4, -0.2) is 34.6 Å². The summed E-state index contributed by atoms with van der Waals surface area (Å²) in [6.07, 6.45) is 0.246. The molecule has 2 aromatic carbocycles. The first-order chi connectivity index (χ1) is 15.1. The first kappa shape index (κ1) is 21.6. The second kappa shape index (κ2) is 7.81. The highest BCUT2D eigenvalue weighted by molar-refractivity contribution is 6.06. The average Bonchev–Trinajstić information content (AvgIpc) is 3.04. The summed E-state index contributed by atoms with van der Waals surface area (Å²) < 4.78 is 28.1. The van der Waals surface area contributed by atoms with E-state index in [1.165, 1.54) is 23.1 Å². The summed E-state index contributed by atoms with van der Waals surface area (Å²) in [7, 11) is 0. The van der Waals surface area contributed by atoms with Crippen LogP contribution in [0.1, 0.15) is 58.5 Å². The maximum Gasteiger partial charge on any atom is 0.258 e. The molecule has 0 radical (unpaired) electrons. The van der Waals surface area contributed by atoms with Crippen LogP contribution in [-0.2, 0) is 21.7 Å². The highest BCUT2D eigenvalue weighted by Gasteiger charge is 2.41. The predicted octanol–water partition coefficient (Wildman–Crippen LogP) is 2.39. The van der Waals surface area contributed by atoms with Gasteiger partial charge in [0.05, 0.1) is 11.1 Å². The molecule has 32 heavy (non-hydrogen) atoms. The average molecular weight is 441 g/mol. The Morgan fingerprint density at radius 2 is 1.81 bits per heavy atom. The number of benzene rings is 2. The molecule has 2 aromatic rings. The Bertz CT molecular complexity index is 1140. The number of hydrogen-bond acceptors (Lipinski definition) is 4. The summed E-state index contributed by atoms with van der Waals surface area (Å²) in [6, 6.07) is 7.21. The molecule has 2 aliphatic rings. The SMILES string of the molecule is CC(C)(NC(=O)c1cc(F)c2c(c1)CN(C1CCC(=O)NC1=O)C2=O)c1ccc(F)cc1. The van der Waals surface area contributed by atoms with Crippen molar-refractivity contribution in [1.82, 2.24) is 15.5 Å².